The fraction of sp³-hybridized carbons (Fsp3) is 0.875. The highest BCUT2D eigenvalue weighted by Crippen LogP contribution is 2.22. The van der Waals surface area contributed by atoms with Crippen LogP contribution in [0.1, 0.15) is 58.3 Å². The molecule has 2 rings (SSSR count). The van der Waals surface area contributed by atoms with Crippen molar-refractivity contribution in [2.24, 2.45) is 11.7 Å². The number of nitrogens with zero attached hydrogens (tertiary/aromatic N) is 1. The molecule has 0 spiro atoms. The van der Waals surface area contributed by atoms with Crippen molar-refractivity contribution in [2.45, 2.75) is 70.5 Å². The number of rotatable bonds is 4. The van der Waals surface area contributed by atoms with Crippen molar-refractivity contribution in [1.82, 2.24) is 4.90 Å². The summed E-state index contributed by atoms with van der Waals surface area (Å²) in [6, 6.07) is 0. The third-order valence-corrected chi connectivity index (χ3v) is 4.76. The van der Waals surface area contributed by atoms with Crippen LogP contribution in [0.5, 0.6) is 0 Å². The largest absolute Gasteiger partial charge is 0.369 e. The molecule has 120 valence electrons. The lowest BCUT2D eigenvalue weighted by atomic mass is 9.96. The number of likely N-dealkylation sites (tertiary alicyclic amines) is 1. The molecular formula is C16H28N2O3. The maximum absolute atomic E-state index is 12.4. The Morgan fingerprint density at radius 3 is 2.14 bits per heavy atom. The zero-order valence-corrected chi connectivity index (χ0v) is 13.1. The Labute approximate surface area is 127 Å². The lowest BCUT2D eigenvalue weighted by Crippen LogP contribution is -2.46. The molecule has 5 heteroatoms. The molecule has 0 aromatic carbocycles. The zero-order chi connectivity index (χ0) is 15.2. The second-order valence-corrected chi connectivity index (χ2v) is 6.39. The molecule has 1 saturated carbocycles. The summed E-state index contributed by atoms with van der Waals surface area (Å²) in [5.74, 6) is -0.265. The highest BCUT2D eigenvalue weighted by molar-refractivity contribution is 5.81. The number of piperidine rings is 1. The Balaban J connectivity index is 1.78. The Morgan fingerprint density at radius 1 is 1.05 bits per heavy atom. The van der Waals surface area contributed by atoms with E-state index in [1.807, 2.05) is 11.8 Å². The molecule has 1 aliphatic heterocycles. The van der Waals surface area contributed by atoms with E-state index < -0.39 is 0 Å². The SMILES string of the molecule is CC(OC1CCCCCC1)C(=O)N1CCC(C(N)=O)CC1. The van der Waals surface area contributed by atoms with Crippen LogP contribution >= 0.6 is 0 Å². The van der Waals surface area contributed by atoms with Crippen LogP contribution in [0.25, 0.3) is 0 Å². The van der Waals surface area contributed by atoms with Crippen LogP contribution in [0.2, 0.25) is 0 Å². The maximum atomic E-state index is 12.4. The first-order chi connectivity index (χ1) is 10.1. The number of ether oxygens (including phenoxy) is 1. The van der Waals surface area contributed by atoms with E-state index in [9.17, 15) is 9.59 Å². The minimum atomic E-state index is -0.377. The van der Waals surface area contributed by atoms with Gasteiger partial charge in [0.05, 0.1) is 6.10 Å². The predicted octanol–water partition coefficient (Wildman–Crippen LogP) is 1.84. The maximum Gasteiger partial charge on any atom is 0.251 e. The first-order valence-electron chi connectivity index (χ1n) is 8.31. The number of primary amides is 1. The van der Waals surface area contributed by atoms with Gasteiger partial charge in [-0.1, -0.05) is 25.7 Å². The van der Waals surface area contributed by atoms with Gasteiger partial charge in [-0.05, 0) is 32.6 Å². The van der Waals surface area contributed by atoms with Gasteiger partial charge in [0.25, 0.3) is 5.91 Å². The molecule has 0 aromatic rings. The molecule has 1 unspecified atom stereocenters. The molecule has 2 aliphatic rings. The highest BCUT2D eigenvalue weighted by atomic mass is 16.5. The molecule has 2 N–H and O–H groups in total. The van der Waals surface area contributed by atoms with Crippen molar-refractivity contribution in [3.8, 4) is 0 Å². The lowest BCUT2D eigenvalue weighted by Gasteiger charge is -2.33. The fourth-order valence-electron chi connectivity index (χ4n) is 3.37. The van der Waals surface area contributed by atoms with Gasteiger partial charge in [0, 0.05) is 19.0 Å². The van der Waals surface area contributed by atoms with E-state index in [1.54, 1.807) is 0 Å². The average molecular weight is 296 g/mol. The van der Waals surface area contributed by atoms with Crippen LogP contribution in [0.4, 0.5) is 0 Å². The molecule has 0 aromatic heterocycles. The normalized spacial score (nSPS) is 23.6. The Bertz CT molecular complexity index is 357. The van der Waals surface area contributed by atoms with Crippen LogP contribution in [0.3, 0.4) is 0 Å². The van der Waals surface area contributed by atoms with Crippen LogP contribution in [0.15, 0.2) is 0 Å². The number of carbonyl (C=O) groups excluding carboxylic acids is 2. The van der Waals surface area contributed by atoms with E-state index in [1.165, 1.54) is 25.7 Å². The summed E-state index contributed by atoms with van der Waals surface area (Å²) in [6.45, 7) is 3.09. The minimum absolute atomic E-state index is 0.0576. The molecule has 21 heavy (non-hydrogen) atoms. The molecule has 0 radical (unpaired) electrons. The number of amides is 2. The van der Waals surface area contributed by atoms with Crippen molar-refractivity contribution >= 4 is 11.8 Å². The average Bonchev–Trinajstić information content (AvgIpc) is 2.75. The highest BCUT2D eigenvalue weighted by Gasteiger charge is 2.29. The second-order valence-electron chi connectivity index (χ2n) is 6.39. The van der Waals surface area contributed by atoms with E-state index >= 15 is 0 Å². The van der Waals surface area contributed by atoms with E-state index in [-0.39, 0.29) is 29.9 Å². The Kier molecular flexibility index (Phi) is 6.03. The summed E-state index contributed by atoms with van der Waals surface area (Å²) in [5.41, 5.74) is 5.32. The monoisotopic (exact) mass is 296 g/mol. The summed E-state index contributed by atoms with van der Waals surface area (Å²) in [7, 11) is 0. The number of hydrogen-bond acceptors (Lipinski definition) is 3. The van der Waals surface area contributed by atoms with Crippen molar-refractivity contribution in [1.29, 1.82) is 0 Å². The van der Waals surface area contributed by atoms with E-state index in [4.69, 9.17) is 10.5 Å². The molecular weight excluding hydrogens is 268 g/mol. The Morgan fingerprint density at radius 2 is 1.62 bits per heavy atom. The molecule has 1 saturated heterocycles. The molecule has 1 atom stereocenters. The van der Waals surface area contributed by atoms with Gasteiger partial charge in [0.15, 0.2) is 0 Å². The topological polar surface area (TPSA) is 72.6 Å². The first-order valence-corrected chi connectivity index (χ1v) is 8.31. The second kappa shape index (κ2) is 7.78. The number of hydrogen-bond donors (Lipinski definition) is 1. The van der Waals surface area contributed by atoms with Crippen molar-refractivity contribution < 1.29 is 14.3 Å². The van der Waals surface area contributed by atoms with Crippen LogP contribution < -0.4 is 5.73 Å². The van der Waals surface area contributed by atoms with E-state index in [0.29, 0.717) is 25.9 Å². The van der Waals surface area contributed by atoms with Gasteiger partial charge in [-0.3, -0.25) is 9.59 Å². The van der Waals surface area contributed by atoms with E-state index in [2.05, 4.69) is 0 Å². The van der Waals surface area contributed by atoms with Crippen LogP contribution in [-0.4, -0.2) is 42.0 Å². The van der Waals surface area contributed by atoms with Crippen LogP contribution in [0, 0.1) is 5.92 Å². The third kappa shape index (κ3) is 4.70. The quantitative estimate of drug-likeness (QED) is 0.805. The van der Waals surface area contributed by atoms with E-state index in [0.717, 1.165) is 12.8 Å². The summed E-state index contributed by atoms with van der Waals surface area (Å²) in [6.07, 6.45) is 8.32. The van der Waals surface area contributed by atoms with Crippen molar-refractivity contribution in [3.63, 3.8) is 0 Å². The minimum Gasteiger partial charge on any atom is -0.369 e. The summed E-state index contributed by atoms with van der Waals surface area (Å²) in [4.78, 5) is 25.4. The summed E-state index contributed by atoms with van der Waals surface area (Å²) >= 11 is 0. The molecule has 5 nitrogen and oxygen atoms in total. The summed E-state index contributed by atoms with van der Waals surface area (Å²) in [5, 5.41) is 0. The summed E-state index contributed by atoms with van der Waals surface area (Å²) < 4.78 is 5.98. The fourth-order valence-corrected chi connectivity index (χ4v) is 3.37. The third-order valence-electron chi connectivity index (χ3n) is 4.76. The number of nitrogens with two attached hydrogens (primary N) is 1. The van der Waals surface area contributed by atoms with Crippen molar-refractivity contribution in [2.75, 3.05) is 13.1 Å². The number of carbonyl (C=O) groups is 2. The molecule has 0 bridgehead atoms. The molecule has 1 aliphatic carbocycles. The smallest absolute Gasteiger partial charge is 0.251 e. The standard InChI is InChI=1S/C16H28N2O3/c1-12(21-14-6-4-2-3-5-7-14)16(20)18-10-8-13(9-11-18)15(17)19/h12-14H,2-11H2,1H3,(H2,17,19). The predicted molar refractivity (Wildman–Crippen MR) is 80.5 cm³/mol. The lowest BCUT2D eigenvalue weighted by molar-refractivity contribution is -0.149. The molecule has 2 amide bonds. The van der Waals surface area contributed by atoms with Gasteiger partial charge < -0.3 is 15.4 Å². The zero-order valence-electron chi connectivity index (χ0n) is 13.1. The molecule has 1 heterocycles. The van der Waals surface area contributed by atoms with Gasteiger partial charge in [-0.2, -0.15) is 0 Å². The Hall–Kier alpha value is -1.10. The van der Waals surface area contributed by atoms with Crippen LogP contribution in [-0.2, 0) is 14.3 Å². The molecule has 2 fully saturated rings. The van der Waals surface area contributed by atoms with Gasteiger partial charge in [-0.15, -0.1) is 0 Å². The van der Waals surface area contributed by atoms with Gasteiger partial charge in [0.1, 0.15) is 6.10 Å². The van der Waals surface area contributed by atoms with Gasteiger partial charge in [-0.25, -0.2) is 0 Å². The van der Waals surface area contributed by atoms with Gasteiger partial charge >= 0.3 is 0 Å². The van der Waals surface area contributed by atoms with Crippen molar-refractivity contribution in [3.05, 3.63) is 0 Å². The van der Waals surface area contributed by atoms with Gasteiger partial charge in [0.2, 0.25) is 5.91 Å². The first kappa shape index (κ1) is 16.3.